The molecule has 2 aromatic heterocycles. The van der Waals surface area contributed by atoms with Crippen LogP contribution in [0.3, 0.4) is 0 Å². The lowest BCUT2D eigenvalue weighted by Gasteiger charge is -2.31. The van der Waals surface area contributed by atoms with Crippen LogP contribution in [0.5, 0.6) is 5.75 Å². The van der Waals surface area contributed by atoms with Crippen LogP contribution >= 0.6 is 0 Å². The highest BCUT2D eigenvalue weighted by atomic mass is 16.7. The molecule has 1 aliphatic heterocycles. The minimum absolute atomic E-state index is 0.00435. The van der Waals surface area contributed by atoms with Crippen LogP contribution in [0, 0.1) is 5.92 Å². The Labute approximate surface area is 206 Å². The van der Waals surface area contributed by atoms with Gasteiger partial charge in [0.25, 0.3) is 0 Å². The Morgan fingerprint density at radius 1 is 1.11 bits per heavy atom. The van der Waals surface area contributed by atoms with E-state index in [0.29, 0.717) is 18.9 Å². The molecule has 2 aromatic rings. The van der Waals surface area contributed by atoms with Gasteiger partial charge < -0.3 is 18.9 Å². The van der Waals surface area contributed by atoms with Crippen LogP contribution in [0.2, 0.25) is 0 Å². The summed E-state index contributed by atoms with van der Waals surface area (Å²) in [7, 11) is 3.33. The zero-order valence-corrected chi connectivity index (χ0v) is 20.8. The number of carbonyl (C=O) groups excluding carboxylic acids is 1. The van der Waals surface area contributed by atoms with E-state index in [9.17, 15) is 4.79 Å². The fourth-order valence-corrected chi connectivity index (χ4v) is 5.23. The molecule has 2 saturated carbocycles. The predicted molar refractivity (Wildman–Crippen MR) is 128 cm³/mol. The van der Waals surface area contributed by atoms with Crippen LogP contribution in [0.4, 0.5) is 0 Å². The predicted octanol–water partition coefficient (Wildman–Crippen LogP) is 4.30. The summed E-state index contributed by atoms with van der Waals surface area (Å²) in [6.45, 7) is 1.12. The van der Waals surface area contributed by atoms with E-state index in [1.807, 2.05) is 19.2 Å². The Kier molecular flexibility index (Phi) is 7.63. The number of esters is 1. The maximum atomic E-state index is 12.1. The Morgan fingerprint density at radius 2 is 1.97 bits per heavy atom. The Bertz CT molecular complexity index is 1020. The molecule has 1 saturated heterocycles. The monoisotopic (exact) mass is 484 g/mol. The van der Waals surface area contributed by atoms with E-state index in [-0.39, 0.29) is 24.3 Å². The number of rotatable bonds is 8. The van der Waals surface area contributed by atoms with Crippen molar-refractivity contribution < 1.29 is 23.7 Å². The second kappa shape index (κ2) is 11.0. The summed E-state index contributed by atoms with van der Waals surface area (Å²) in [5, 5.41) is 8.66. The minimum Gasteiger partial charge on any atom is -0.488 e. The number of hydrogen-bond donors (Lipinski definition) is 0. The van der Waals surface area contributed by atoms with E-state index < -0.39 is 0 Å². The number of aryl methyl sites for hydroxylation is 1. The minimum atomic E-state index is -0.176. The molecule has 2 aliphatic carbocycles. The van der Waals surface area contributed by atoms with Gasteiger partial charge in [0.05, 0.1) is 42.8 Å². The van der Waals surface area contributed by atoms with Gasteiger partial charge in [-0.2, -0.15) is 0 Å². The third-order valence-corrected chi connectivity index (χ3v) is 7.56. The van der Waals surface area contributed by atoms with Gasteiger partial charge in [0, 0.05) is 19.6 Å². The number of aromatic nitrogens is 4. The van der Waals surface area contributed by atoms with Gasteiger partial charge in [0.15, 0.2) is 6.29 Å². The van der Waals surface area contributed by atoms with Gasteiger partial charge in [-0.25, -0.2) is 9.67 Å². The molecule has 3 heterocycles. The van der Waals surface area contributed by atoms with Crippen molar-refractivity contribution >= 4 is 5.97 Å². The molecule has 9 nitrogen and oxygen atoms in total. The number of pyridine rings is 1. The molecule has 35 heavy (non-hydrogen) atoms. The van der Waals surface area contributed by atoms with Crippen LogP contribution in [0.1, 0.15) is 81.5 Å². The number of hydrogen-bond acceptors (Lipinski definition) is 8. The molecule has 9 heteroatoms. The summed E-state index contributed by atoms with van der Waals surface area (Å²) in [6.07, 6.45) is 9.81. The van der Waals surface area contributed by atoms with Crippen molar-refractivity contribution in [3.63, 3.8) is 0 Å². The summed E-state index contributed by atoms with van der Waals surface area (Å²) in [4.78, 5) is 17.1. The van der Waals surface area contributed by atoms with Crippen molar-refractivity contribution in [2.24, 2.45) is 13.0 Å². The number of methoxy groups -OCH3 is 1. The van der Waals surface area contributed by atoms with Crippen LogP contribution in [-0.2, 0) is 32.7 Å². The van der Waals surface area contributed by atoms with Crippen LogP contribution in [0.15, 0.2) is 12.1 Å². The normalized spacial score (nSPS) is 25.1. The van der Waals surface area contributed by atoms with Gasteiger partial charge in [-0.05, 0) is 69.9 Å². The summed E-state index contributed by atoms with van der Waals surface area (Å²) in [6, 6.07) is 3.98. The van der Waals surface area contributed by atoms with Crippen molar-refractivity contribution in [1.82, 2.24) is 20.0 Å². The van der Waals surface area contributed by atoms with Crippen molar-refractivity contribution in [1.29, 1.82) is 0 Å². The molecule has 0 bridgehead atoms. The Morgan fingerprint density at radius 3 is 2.71 bits per heavy atom. The molecular formula is C26H36N4O5. The van der Waals surface area contributed by atoms with Gasteiger partial charge in [0.1, 0.15) is 11.4 Å². The second-order valence-electron chi connectivity index (χ2n) is 9.95. The largest absolute Gasteiger partial charge is 0.488 e. The van der Waals surface area contributed by atoms with E-state index >= 15 is 0 Å². The van der Waals surface area contributed by atoms with Gasteiger partial charge in [-0.3, -0.25) is 4.79 Å². The average molecular weight is 485 g/mol. The maximum absolute atomic E-state index is 12.1. The summed E-state index contributed by atoms with van der Waals surface area (Å²) in [5.74, 6) is 0.985. The zero-order chi connectivity index (χ0) is 24.2. The van der Waals surface area contributed by atoms with E-state index in [2.05, 4.69) is 10.3 Å². The lowest BCUT2D eigenvalue weighted by atomic mass is 9.82. The van der Waals surface area contributed by atoms with Gasteiger partial charge in [-0.1, -0.05) is 11.6 Å². The molecule has 3 atom stereocenters. The third kappa shape index (κ3) is 5.51. The van der Waals surface area contributed by atoms with Gasteiger partial charge >= 0.3 is 5.97 Å². The first kappa shape index (κ1) is 24.2. The highest BCUT2D eigenvalue weighted by Gasteiger charge is 2.32. The molecule has 190 valence electrons. The SMILES string of the molecule is COC(=O)[C@H]1CCC[C@H](Oc2ccc(-c3nnn(C)c3CO[C@H]3CCCCO3)nc2C2CCC2)C1. The fraction of sp³-hybridized carbons (Fsp3) is 0.692. The molecule has 0 spiro atoms. The first-order valence-corrected chi connectivity index (χ1v) is 13.0. The van der Waals surface area contributed by atoms with Crippen LogP contribution in [-0.4, -0.2) is 52.1 Å². The fourth-order valence-electron chi connectivity index (χ4n) is 5.23. The third-order valence-electron chi connectivity index (χ3n) is 7.56. The molecule has 3 aliphatic rings. The zero-order valence-electron chi connectivity index (χ0n) is 20.8. The smallest absolute Gasteiger partial charge is 0.308 e. The lowest BCUT2D eigenvalue weighted by Crippen LogP contribution is -2.30. The van der Waals surface area contributed by atoms with Crippen molar-refractivity contribution in [3.8, 4) is 17.1 Å². The highest BCUT2D eigenvalue weighted by Crippen LogP contribution is 2.42. The van der Waals surface area contributed by atoms with Crippen molar-refractivity contribution in [2.75, 3.05) is 13.7 Å². The molecule has 0 amide bonds. The topological polar surface area (TPSA) is 97.6 Å². The summed E-state index contributed by atoms with van der Waals surface area (Å²) >= 11 is 0. The number of nitrogens with zero attached hydrogens (tertiary/aromatic N) is 4. The number of ether oxygens (including phenoxy) is 4. The van der Waals surface area contributed by atoms with Crippen molar-refractivity contribution in [2.45, 2.75) is 89.1 Å². The summed E-state index contributed by atoms with van der Waals surface area (Å²) in [5.41, 5.74) is 3.39. The number of carbonyl (C=O) groups is 1. The van der Waals surface area contributed by atoms with Gasteiger partial charge in [-0.15, -0.1) is 5.10 Å². The standard InChI is InChI=1S/C26H36N4O5/c1-30-21(16-34-23-11-3-4-14-33-23)25(28-29-30)20-12-13-22(24(27-20)17-7-5-8-17)35-19-10-6-9-18(15-19)26(31)32-2/h12-13,17-19,23H,3-11,14-16H2,1-2H3/t18-,19-,23-/m0/s1. The first-order chi connectivity index (χ1) is 17.1. The van der Waals surface area contributed by atoms with E-state index in [1.54, 1.807) is 4.68 Å². The summed E-state index contributed by atoms with van der Waals surface area (Å²) < 4.78 is 24.9. The van der Waals surface area contributed by atoms with E-state index in [1.165, 1.54) is 13.5 Å². The Balaban J connectivity index is 1.34. The van der Waals surface area contributed by atoms with E-state index in [4.69, 9.17) is 23.9 Å². The highest BCUT2D eigenvalue weighted by molar-refractivity contribution is 5.72. The molecule has 0 unspecified atom stereocenters. The quantitative estimate of drug-likeness (QED) is 0.512. The van der Waals surface area contributed by atoms with Crippen LogP contribution in [0.25, 0.3) is 11.4 Å². The molecule has 3 fully saturated rings. The molecule has 0 aromatic carbocycles. The van der Waals surface area contributed by atoms with Crippen molar-refractivity contribution in [3.05, 3.63) is 23.5 Å². The molecule has 0 radical (unpaired) electrons. The maximum Gasteiger partial charge on any atom is 0.308 e. The Hall–Kier alpha value is -2.52. The molecule has 0 N–H and O–H groups in total. The van der Waals surface area contributed by atoms with Gasteiger partial charge in [0.2, 0.25) is 0 Å². The van der Waals surface area contributed by atoms with E-state index in [0.717, 1.165) is 86.5 Å². The molecule has 5 rings (SSSR count). The first-order valence-electron chi connectivity index (χ1n) is 13.0. The lowest BCUT2D eigenvalue weighted by molar-refractivity contribution is -0.169. The average Bonchev–Trinajstić information content (AvgIpc) is 3.23. The van der Waals surface area contributed by atoms with Crippen LogP contribution < -0.4 is 4.74 Å². The second-order valence-corrected chi connectivity index (χ2v) is 9.95. The molecular weight excluding hydrogens is 448 g/mol.